The van der Waals surface area contributed by atoms with Crippen LogP contribution in [-0.2, 0) is 10.0 Å². The first-order valence-corrected chi connectivity index (χ1v) is 8.45. The number of nitrogens with one attached hydrogen (secondary N) is 2. The molecule has 0 bridgehead atoms. The summed E-state index contributed by atoms with van der Waals surface area (Å²) in [7, 11) is -1.99. The summed E-state index contributed by atoms with van der Waals surface area (Å²) in [6.45, 7) is 3.82. The fourth-order valence-electron chi connectivity index (χ4n) is 1.83. The van der Waals surface area contributed by atoms with Gasteiger partial charge in [0.15, 0.2) is 5.03 Å². The summed E-state index contributed by atoms with van der Waals surface area (Å²) in [4.78, 5) is 6.10. The number of aryl methyl sites for hydroxylation is 1. The Labute approximate surface area is 123 Å². The molecule has 0 spiro atoms. The van der Waals surface area contributed by atoms with E-state index in [1.165, 1.54) is 6.20 Å². The van der Waals surface area contributed by atoms with Gasteiger partial charge in [-0.25, -0.2) is 18.1 Å². The summed E-state index contributed by atoms with van der Waals surface area (Å²) < 4.78 is 27.4. The van der Waals surface area contributed by atoms with Gasteiger partial charge in [-0.3, -0.25) is 0 Å². The van der Waals surface area contributed by atoms with E-state index in [2.05, 4.69) is 15.0 Å². The SMILES string of the molecule is CNc1cccnc1S(=O)(=O)NC(C)c1ccc(C)s1. The van der Waals surface area contributed by atoms with E-state index in [4.69, 9.17) is 0 Å². The van der Waals surface area contributed by atoms with Crippen LogP contribution in [0.15, 0.2) is 35.5 Å². The minimum absolute atomic E-state index is 0.0163. The Bertz CT molecular complexity index is 695. The molecule has 0 aliphatic heterocycles. The highest BCUT2D eigenvalue weighted by molar-refractivity contribution is 7.89. The molecule has 0 amide bonds. The topological polar surface area (TPSA) is 71.1 Å². The molecule has 7 heteroatoms. The van der Waals surface area contributed by atoms with Crippen molar-refractivity contribution in [2.45, 2.75) is 24.9 Å². The molecule has 2 heterocycles. The van der Waals surface area contributed by atoms with Crippen molar-refractivity contribution in [1.29, 1.82) is 0 Å². The molecule has 2 rings (SSSR count). The van der Waals surface area contributed by atoms with E-state index >= 15 is 0 Å². The summed E-state index contributed by atoms with van der Waals surface area (Å²) in [5.41, 5.74) is 0.481. The maximum absolute atomic E-state index is 12.4. The molecule has 2 aromatic rings. The smallest absolute Gasteiger partial charge is 0.260 e. The lowest BCUT2D eigenvalue weighted by Crippen LogP contribution is -2.27. The fourth-order valence-corrected chi connectivity index (χ4v) is 4.15. The van der Waals surface area contributed by atoms with Gasteiger partial charge in [0, 0.05) is 23.0 Å². The third-order valence-corrected chi connectivity index (χ3v) is 5.50. The summed E-state index contributed by atoms with van der Waals surface area (Å²) >= 11 is 1.58. The molecular weight excluding hydrogens is 294 g/mol. The Hall–Kier alpha value is -1.44. The molecule has 0 aromatic carbocycles. The van der Waals surface area contributed by atoms with Crippen molar-refractivity contribution in [3.63, 3.8) is 0 Å². The molecule has 2 aromatic heterocycles. The lowest BCUT2D eigenvalue weighted by atomic mass is 10.3. The number of sulfonamides is 1. The Morgan fingerprint density at radius 2 is 2.05 bits per heavy atom. The predicted molar refractivity (Wildman–Crippen MR) is 81.6 cm³/mol. The Morgan fingerprint density at radius 1 is 1.30 bits per heavy atom. The second-order valence-corrected chi connectivity index (χ2v) is 7.35. The molecule has 0 radical (unpaired) electrons. The molecule has 108 valence electrons. The van der Waals surface area contributed by atoms with Gasteiger partial charge in [0.05, 0.1) is 11.7 Å². The average Bonchev–Trinajstić information content (AvgIpc) is 2.85. The second-order valence-electron chi connectivity index (χ2n) is 4.40. The van der Waals surface area contributed by atoms with Gasteiger partial charge in [-0.05, 0) is 38.1 Å². The van der Waals surface area contributed by atoms with Crippen molar-refractivity contribution in [2.75, 3.05) is 12.4 Å². The number of pyridine rings is 1. The van der Waals surface area contributed by atoms with E-state index in [-0.39, 0.29) is 11.1 Å². The lowest BCUT2D eigenvalue weighted by molar-refractivity contribution is 0.565. The van der Waals surface area contributed by atoms with E-state index in [1.807, 2.05) is 26.0 Å². The van der Waals surface area contributed by atoms with Gasteiger partial charge in [-0.2, -0.15) is 0 Å². The molecule has 0 aliphatic carbocycles. The number of rotatable bonds is 5. The Kier molecular flexibility index (Phi) is 4.42. The Balaban J connectivity index is 2.27. The zero-order valence-electron chi connectivity index (χ0n) is 11.5. The van der Waals surface area contributed by atoms with Gasteiger partial charge in [0.1, 0.15) is 0 Å². The maximum atomic E-state index is 12.4. The maximum Gasteiger partial charge on any atom is 0.260 e. The number of anilines is 1. The number of nitrogens with zero attached hydrogens (tertiary/aromatic N) is 1. The first kappa shape index (κ1) is 15.0. The second kappa shape index (κ2) is 5.90. The summed E-state index contributed by atoms with van der Waals surface area (Å²) in [5.74, 6) is 0. The van der Waals surface area contributed by atoms with Gasteiger partial charge in [0.25, 0.3) is 10.0 Å². The average molecular weight is 311 g/mol. The predicted octanol–water partition coefficient (Wildman–Crippen LogP) is 2.53. The zero-order valence-corrected chi connectivity index (χ0v) is 13.2. The number of hydrogen-bond acceptors (Lipinski definition) is 5. The number of aromatic nitrogens is 1. The molecule has 1 atom stereocenters. The van der Waals surface area contributed by atoms with Crippen LogP contribution in [0.1, 0.15) is 22.7 Å². The number of hydrogen-bond donors (Lipinski definition) is 2. The first-order valence-electron chi connectivity index (χ1n) is 6.15. The van der Waals surface area contributed by atoms with Crippen molar-refractivity contribution in [3.8, 4) is 0 Å². The molecule has 0 saturated heterocycles. The third kappa shape index (κ3) is 3.17. The molecule has 0 fully saturated rings. The Morgan fingerprint density at radius 3 is 2.65 bits per heavy atom. The summed E-state index contributed by atoms with van der Waals surface area (Å²) in [6, 6.07) is 7.00. The summed E-state index contributed by atoms with van der Waals surface area (Å²) in [5, 5.41) is 2.86. The third-order valence-electron chi connectivity index (χ3n) is 2.81. The first-order chi connectivity index (χ1) is 9.44. The minimum Gasteiger partial charge on any atom is -0.386 e. The highest BCUT2D eigenvalue weighted by atomic mass is 32.2. The molecular formula is C13H17N3O2S2. The monoisotopic (exact) mass is 311 g/mol. The van der Waals surface area contributed by atoms with Gasteiger partial charge in [-0.15, -0.1) is 11.3 Å². The zero-order chi connectivity index (χ0) is 14.8. The molecule has 0 saturated carbocycles. The highest BCUT2D eigenvalue weighted by Crippen LogP contribution is 2.25. The van der Waals surface area contributed by atoms with Gasteiger partial charge < -0.3 is 5.32 Å². The van der Waals surface area contributed by atoms with Gasteiger partial charge >= 0.3 is 0 Å². The van der Waals surface area contributed by atoms with Crippen molar-refractivity contribution < 1.29 is 8.42 Å². The van der Waals surface area contributed by atoms with Crippen molar-refractivity contribution in [3.05, 3.63) is 40.2 Å². The molecule has 0 aliphatic rings. The van der Waals surface area contributed by atoms with Gasteiger partial charge in [-0.1, -0.05) is 0 Å². The van der Waals surface area contributed by atoms with Crippen LogP contribution in [-0.4, -0.2) is 20.4 Å². The molecule has 5 nitrogen and oxygen atoms in total. The van der Waals surface area contributed by atoms with Crippen molar-refractivity contribution >= 4 is 27.0 Å². The normalized spacial score (nSPS) is 13.2. The van der Waals surface area contributed by atoms with Crippen LogP contribution in [0.25, 0.3) is 0 Å². The van der Waals surface area contributed by atoms with E-state index in [0.29, 0.717) is 5.69 Å². The number of thiophene rings is 1. The van der Waals surface area contributed by atoms with E-state index in [1.54, 1.807) is 30.5 Å². The van der Waals surface area contributed by atoms with Gasteiger partial charge in [0.2, 0.25) is 0 Å². The molecule has 2 N–H and O–H groups in total. The van der Waals surface area contributed by atoms with Crippen LogP contribution < -0.4 is 10.0 Å². The molecule has 1 unspecified atom stereocenters. The minimum atomic E-state index is -3.66. The standard InChI is InChI=1S/C13H17N3O2S2/c1-9-6-7-12(19-9)10(2)16-20(17,18)13-11(14-3)5-4-8-15-13/h4-8,10,14,16H,1-3H3. The van der Waals surface area contributed by atoms with Crippen LogP contribution >= 0.6 is 11.3 Å². The van der Waals surface area contributed by atoms with Crippen LogP contribution in [0.5, 0.6) is 0 Å². The molecule has 20 heavy (non-hydrogen) atoms. The lowest BCUT2D eigenvalue weighted by Gasteiger charge is -2.14. The van der Waals surface area contributed by atoms with Crippen LogP contribution in [0, 0.1) is 6.92 Å². The van der Waals surface area contributed by atoms with Crippen molar-refractivity contribution in [2.24, 2.45) is 0 Å². The summed E-state index contributed by atoms with van der Waals surface area (Å²) in [6.07, 6.45) is 1.47. The van der Waals surface area contributed by atoms with E-state index in [0.717, 1.165) is 9.75 Å². The largest absolute Gasteiger partial charge is 0.386 e. The van der Waals surface area contributed by atoms with E-state index in [9.17, 15) is 8.42 Å². The highest BCUT2D eigenvalue weighted by Gasteiger charge is 2.23. The quantitative estimate of drug-likeness (QED) is 0.890. The van der Waals surface area contributed by atoms with Crippen molar-refractivity contribution in [1.82, 2.24) is 9.71 Å². The van der Waals surface area contributed by atoms with Crippen LogP contribution in [0.2, 0.25) is 0 Å². The fraction of sp³-hybridized carbons (Fsp3) is 0.308. The van der Waals surface area contributed by atoms with Crippen LogP contribution in [0.3, 0.4) is 0 Å². The van der Waals surface area contributed by atoms with E-state index < -0.39 is 10.0 Å². The van der Waals surface area contributed by atoms with Crippen LogP contribution in [0.4, 0.5) is 5.69 Å².